The van der Waals surface area contributed by atoms with Crippen molar-refractivity contribution in [1.82, 2.24) is 0 Å². The topological polar surface area (TPSA) is 124 Å². The number of nitrogens with zero attached hydrogens (tertiary/aromatic N) is 1. The molecule has 3 aromatic rings. The lowest BCUT2D eigenvalue weighted by Crippen LogP contribution is -2.16. The van der Waals surface area contributed by atoms with Gasteiger partial charge < -0.3 is 24.3 Å². The minimum atomic E-state index is -0.735. The highest BCUT2D eigenvalue weighted by Gasteiger charge is 2.17. The SMILES string of the molecule is COC(=O)c1ccccc1NC(=O)C(C#N)=Cc1ccc(OC)c(OC(=O)c2ccc(OC)cc2)c1. The number of carbonyl (C=O) groups is 3. The van der Waals surface area contributed by atoms with Crippen molar-refractivity contribution in [2.24, 2.45) is 0 Å². The van der Waals surface area contributed by atoms with E-state index in [4.69, 9.17) is 18.9 Å². The van der Waals surface area contributed by atoms with Crippen LogP contribution in [0.4, 0.5) is 5.69 Å². The maximum absolute atomic E-state index is 12.8. The van der Waals surface area contributed by atoms with Crippen LogP contribution in [0.2, 0.25) is 0 Å². The Morgan fingerprint density at radius 3 is 2.22 bits per heavy atom. The number of amides is 1. The number of nitrogens with one attached hydrogen (secondary N) is 1. The number of anilines is 1. The van der Waals surface area contributed by atoms with Crippen LogP contribution in [-0.2, 0) is 9.53 Å². The van der Waals surface area contributed by atoms with Crippen LogP contribution >= 0.6 is 0 Å². The van der Waals surface area contributed by atoms with Gasteiger partial charge in [-0.25, -0.2) is 9.59 Å². The molecular weight excluding hydrogens is 464 g/mol. The molecule has 0 aliphatic carbocycles. The van der Waals surface area contributed by atoms with E-state index in [0.29, 0.717) is 16.9 Å². The summed E-state index contributed by atoms with van der Waals surface area (Å²) in [6.45, 7) is 0. The van der Waals surface area contributed by atoms with Crippen LogP contribution in [0.25, 0.3) is 6.08 Å². The van der Waals surface area contributed by atoms with E-state index in [1.54, 1.807) is 48.5 Å². The zero-order valence-electron chi connectivity index (χ0n) is 19.7. The van der Waals surface area contributed by atoms with Crippen LogP contribution in [0.5, 0.6) is 17.2 Å². The second-order valence-corrected chi connectivity index (χ2v) is 7.19. The maximum Gasteiger partial charge on any atom is 0.343 e. The highest BCUT2D eigenvalue weighted by molar-refractivity contribution is 6.12. The van der Waals surface area contributed by atoms with E-state index in [9.17, 15) is 19.6 Å². The summed E-state index contributed by atoms with van der Waals surface area (Å²) in [5.74, 6) is -1.03. The number of para-hydroxylation sites is 1. The number of ether oxygens (including phenoxy) is 4. The molecule has 0 heterocycles. The average molecular weight is 486 g/mol. The molecular formula is C27H22N2O7. The third-order valence-corrected chi connectivity index (χ3v) is 4.97. The average Bonchev–Trinajstić information content (AvgIpc) is 2.91. The van der Waals surface area contributed by atoms with Gasteiger partial charge in [0.1, 0.15) is 17.4 Å². The molecule has 0 spiro atoms. The summed E-state index contributed by atoms with van der Waals surface area (Å²) >= 11 is 0. The van der Waals surface area contributed by atoms with Gasteiger partial charge in [-0.2, -0.15) is 5.26 Å². The van der Waals surface area contributed by atoms with Crippen LogP contribution in [0, 0.1) is 11.3 Å². The third kappa shape index (κ3) is 6.07. The van der Waals surface area contributed by atoms with Gasteiger partial charge in [-0.15, -0.1) is 0 Å². The van der Waals surface area contributed by atoms with Gasteiger partial charge in [0.15, 0.2) is 11.5 Å². The second-order valence-electron chi connectivity index (χ2n) is 7.19. The summed E-state index contributed by atoms with van der Waals surface area (Å²) in [7, 11) is 4.16. The van der Waals surface area contributed by atoms with E-state index in [1.807, 2.05) is 6.07 Å². The normalized spacial score (nSPS) is 10.6. The van der Waals surface area contributed by atoms with Crippen LogP contribution in [0.15, 0.2) is 72.3 Å². The first-order valence-electron chi connectivity index (χ1n) is 10.5. The van der Waals surface area contributed by atoms with Gasteiger partial charge in [-0.3, -0.25) is 4.79 Å². The van der Waals surface area contributed by atoms with Crippen molar-refractivity contribution in [3.05, 3.63) is 89.0 Å². The smallest absolute Gasteiger partial charge is 0.343 e. The van der Waals surface area contributed by atoms with Gasteiger partial charge in [0, 0.05) is 0 Å². The number of benzene rings is 3. The van der Waals surface area contributed by atoms with Gasteiger partial charge in [0.25, 0.3) is 5.91 Å². The van der Waals surface area contributed by atoms with Crippen molar-refractivity contribution >= 4 is 29.6 Å². The van der Waals surface area contributed by atoms with Crippen LogP contribution in [0.1, 0.15) is 26.3 Å². The van der Waals surface area contributed by atoms with Crippen molar-refractivity contribution in [3.63, 3.8) is 0 Å². The second kappa shape index (κ2) is 11.9. The molecule has 9 nitrogen and oxygen atoms in total. The molecule has 1 N–H and O–H groups in total. The maximum atomic E-state index is 12.8. The lowest BCUT2D eigenvalue weighted by Gasteiger charge is -2.11. The van der Waals surface area contributed by atoms with Gasteiger partial charge in [0.05, 0.1) is 38.1 Å². The van der Waals surface area contributed by atoms with Crippen LogP contribution in [0.3, 0.4) is 0 Å². The predicted molar refractivity (Wildman–Crippen MR) is 131 cm³/mol. The van der Waals surface area contributed by atoms with Crippen molar-refractivity contribution < 1.29 is 33.3 Å². The highest BCUT2D eigenvalue weighted by atomic mass is 16.6. The number of hydrogen-bond donors (Lipinski definition) is 1. The molecule has 3 rings (SSSR count). The summed E-state index contributed by atoms with van der Waals surface area (Å²) in [6.07, 6.45) is 1.32. The number of methoxy groups -OCH3 is 3. The first-order chi connectivity index (χ1) is 17.4. The molecule has 0 unspecified atom stereocenters. The first kappa shape index (κ1) is 25.5. The number of rotatable bonds is 8. The molecule has 0 aliphatic rings. The highest BCUT2D eigenvalue weighted by Crippen LogP contribution is 2.30. The molecule has 0 bridgehead atoms. The van der Waals surface area contributed by atoms with E-state index in [-0.39, 0.29) is 28.3 Å². The van der Waals surface area contributed by atoms with Crippen molar-refractivity contribution in [1.29, 1.82) is 5.26 Å². The predicted octanol–water partition coefficient (Wildman–Crippen LogP) is 4.26. The molecule has 0 fully saturated rings. The Bertz CT molecular complexity index is 1360. The van der Waals surface area contributed by atoms with Gasteiger partial charge in [-0.05, 0) is 60.2 Å². The standard InChI is InChI=1S/C27H22N2O7/c1-33-20-11-9-18(10-12-20)26(31)36-24-15-17(8-13-23(24)34-2)14-19(16-28)25(30)29-22-7-5-4-6-21(22)27(32)35-3/h4-15H,1-3H3,(H,29,30). The molecule has 1 amide bonds. The molecule has 0 aliphatic heterocycles. The lowest BCUT2D eigenvalue weighted by molar-refractivity contribution is -0.112. The Morgan fingerprint density at radius 1 is 0.861 bits per heavy atom. The van der Waals surface area contributed by atoms with E-state index in [2.05, 4.69) is 5.32 Å². The number of carbonyl (C=O) groups excluding carboxylic acids is 3. The Morgan fingerprint density at radius 2 is 1.58 bits per heavy atom. The van der Waals surface area contributed by atoms with Crippen LogP contribution < -0.4 is 19.5 Å². The Kier molecular flexibility index (Phi) is 8.40. The van der Waals surface area contributed by atoms with Gasteiger partial charge >= 0.3 is 11.9 Å². The number of hydrogen-bond acceptors (Lipinski definition) is 8. The quantitative estimate of drug-likeness (QED) is 0.217. The lowest BCUT2D eigenvalue weighted by atomic mass is 10.1. The molecule has 36 heavy (non-hydrogen) atoms. The fourth-order valence-corrected chi connectivity index (χ4v) is 3.13. The Labute approximate surface area is 207 Å². The number of esters is 2. The molecule has 9 heteroatoms. The molecule has 3 aromatic carbocycles. The van der Waals surface area contributed by atoms with Crippen LogP contribution in [-0.4, -0.2) is 39.2 Å². The Hall–Kier alpha value is -5.10. The number of nitriles is 1. The summed E-state index contributed by atoms with van der Waals surface area (Å²) in [4.78, 5) is 37.3. The molecule has 0 saturated carbocycles. The molecule has 182 valence electrons. The van der Waals surface area contributed by atoms with E-state index in [0.717, 1.165) is 0 Å². The fourth-order valence-electron chi connectivity index (χ4n) is 3.13. The third-order valence-electron chi connectivity index (χ3n) is 4.97. The monoisotopic (exact) mass is 486 g/mol. The van der Waals surface area contributed by atoms with Gasteiger partial charge in [0.2, 0.25) is 0 Å². The minimum absolute atomic E-state index is 0.0980. The molecule has 0 atom stereocenters. The minimum Gasteiger partial charge on any atom is -0.497 e. The fraction of sp³-hybridized carbons (Fsp3) is 0.111. The Balaban J connectivity index is 1.85. The molecule has 0 aromatic heterocycles. The zero-order chi connectivity index (χ0) is 26.1. The van der Waals surface area contributed by atoms with Crippen molar-refractivity contribution in [3.8, 4) is 23.3 Å². The van der Waals surface area contributed by atoms with E-state index >= 15 is 0 Å². The summed E-state index contributed by atoms with van der Waals surface area (Å²) in [6, 6.07) is 19.1. The molecule has 0 radical (unpaired) electrons. The summed E-state index contributed by atoms with van der Waals surface area (Å²) in [5, 5.41) is 12.1. The zero-order valence-corrected chi connectivity index (χ0v) is 19.7. The summed E-state index contributed by atoms with van der Waals surface area (Å²) < 4.78 is 20.6. The van der Waals surface area contributed by atoms with Crippen molar-refractivity contribution in [2.75, 3.05) is 26.6 Å². The van der Waals surface area contributed by atoms with E-state index in [1.165, 1.54) is 45.6 Å². The summed E-state index contributed by atoms with van der Waals surface area (Å²) in [5.41, 5.74) is 0.788. The van der Waals surface area contributed by atoms with Gasteiger partial charge in [-0.1, -0.05) is 18.2 Å². The first-order valence-corrected chi connectivity index (χ1v) is 10.5. The molecule has 0 saturated heterocycles. The largest absolute Gasteiger partial charge is 0.497 e. The van der Waals surface area contributed by atoms with E-state index < -0.39 is 17.8 Å². The van der Waals surface area contributed by atoms with Crippen molar-refractivity contribution in [2.45, 2.75) is 0 Å².